The molecular weight excluding hydrogens is 198 g/mol. The number of methoxy groups -OCH3 is 2. The van der Waals surface area contributed by atoms with E-state index in [1.807, 2.05) is 0 Å². The maximum atomic E-state index is 11.6. The molecule has 0 radical (unpaired) electrons. The first-order valence-electron chi connectivity index (χ1n) is 4.88. The summed E-state index contributed by atoms with van der Waals surface area (Å²) in [6.45, 7) is 1.57. The molecule has 0 rings (SSSR count). The second-order valence-corrected chi connectivity index (χ2v) is 3.45. The molecule has 0 fully saturated rings. The van der Waals surface area contributed by atoms with Crippen LogP contribution in [-0.4, -0.2) is 31.7 Å². The number of carbonyl (C=O) groups is 2. The zero-order valence-corrected chi connectivity index (χ0v) is 9.54. The Morgan fingerprint density at radius 3 is 2.00 bits per heavy atom. The highest BCUT2D eigenvalue weighted by molar-refractivity contribution is 5.85. The third-order valence-electron chi connectivity index (χ3n) is 2.36. The first-order valence-corrected chi connectivity index (χ1v) is 4.88. The second kappa shape index (κ2) is 6.53. The molecule has 0 aliphatic heterocycles. The van der Waals surface area contributed by atoms with Crippen molar-refractivity contribution in [2.45, 2.75) is 38.4 Å². The minimum atomic E-state index is -1.17. The van der Waals surface area contributed by atoms with Gasteiger partial charge in [-0.25, -0.2) is 0 Å². The second-order valence-electron chi connectivity index (χ2n) is 3.45. The quantitative estimate of drug-likeness (QED) is 0.477. The minimum absolute atomic E-state index is 0.128. The molecule has 0 saturated heterocycles. The van der Waals surface area contributed by atoms with E-state index in [0.29, 0.717) is 25.7 Å². The maximum absolute atomic E-state index is 11.6. The monoisotopic (exact) mass is 217 g/mol. The van der Waals surface area contributed by atoms with Gasteiger partial charge in [0.15, 0.2) is 5.78 Å². The number of Topliss-reactive ketones (excluding diaryl/α,β-unsaturated/α-hetero) is 1. The van der Waals surface area contributed by atoms with Crippen LogP contribution < -0.4 is 5.73 Å². The van der Waals surface area contributed by atoms with Gasteiger partial charge in [-0.3, -0.25) is 9.59 Å². The van der Waals surface area contributed by atoms with Gasteiger partial charge in [0.2, 0.25) is 11.7 Å². The molecular formula is C10H19NO4. The summed E-state index contributed by atoms with van der Waals surface area (Å²) in [6, 6.07) is 0. The summed E-state index contributed by atoms with van der Waals surface area (Å²) in [6.07, 6.45) is 1.87. The van der Waals surface area contributed by atoms with E-state index < -0.39 is 5.79 Å². The number of unbranched alkanes of at least 4 members (excludes halogenated alkanes) is 1. The van der Waals surface area contributed by atoms with E-state index in [9.17, 15) is 9.59 Å². The van der Waals surface area contributed by atoms with Gasteiger partial charge in [0.05, 0.1) is 0 Å². The number of carbonyl (C=O) groups excluding carboxylic acids is 2. The first kappa shape index (κ1) is 14.1. The summed E-state index contributed by atoms with van der Waals surface area (Å²) < 4.78 is 9.93. The van der Waals surface area contributed by atoms with E-state index in [2.05, 4.69) is 0 Å². The largest absolute Gasteiger partial charge is 0.370 e. The highest BCUT2D eigenvalue weighted by Crippen LogP contribution is 2.15. The summed E-state index contributed by atoms with van der Waals surface area (Å²) in [5, 5.41) is 0. The number of hydrogen-bond donors (Lipinski definition) is 1. The molecule has 0 bridgehead atoms. The van der Waals surface area contributed by atoms with Crippen molar-refractivity contribution >= 4 is 11.7 Å². The van der Waals surface area contributed by atoms with E-state index in [-0.39, 0.29) is 11.7 Å². The Morgan fingerprint density at radius 1 is 1.13 bits per heavy atom. The standard InChI is InChI=1S/C10H19NO4/c1-10(14-2,15-3)8(12)6-4-5-7-9(11)13/h4-7H2,1-3H3,(H2,11,13). The SMILES string of the molecule is COC(C)(OC)C(=O)CCCCC(N)=O. The highest BCUT2D eigenvalue weighted by Gasteiger charge is 2.31. The molecule has 1 amide bonds. The number of ether oxygens (including phenoxy) is 2. The van der Waals surface area contributed by atoms with Gasteiger partial charge in [-0.1, -0.05) is 0 Å². The Bertz CT molecular complexity index is 223. The van der Waals surface area contributed by atoms with E-state index >= 15 is 0 Å². The molecule has 0 aliphatic rings. The molecule has 0 unspecified atom stereocenters. The van der Waals surface area contributed by atoms with Gasteiger partial charge in [-0.2, -0.15) is 0 Å². The van der Waals surface area contributed by atoms with E-state index in [1.54, 1.807) is 6.92 Å². The van der Waals surface area contributed by atoms with E-state index in [4.69, 9.17) is 15.2 Å². The fourth-order valence-electron chi connectivity index (χ4n) is 1.12. The Kier molecular flexibility index (Phi) is 6.12. The smallest absolute Gasteiger partial charge is 0.225 e. The zero-order chi connectivity index (χ0) is 11.9. The van der Waals surface area contributed by atoms with Crippen LogP contribution in [0.5, 0.6) is 0 Å². The molecule has 0 aromatic carbocycles. The van der Waals surface area contributed by atoms with Gasteiger partial charge < -0.3 is 15.2 Å². The van der Waals surface area contributed by atoms with Crippen LogP contribution in [0.1, 0.15) is 32.6 Å². The summed E-state index contributed by atoms with van der Waals surface area (Å²) >= 11 is 0. The summed E-state index contributed by atoms with van der Waals surface area (Å²) in [5.41, 5.74) is 4.97. The number of nitrogens with two attached hydrogens (primary N) is 1. The molecule has 5 heteroatoms. The van der Waals surface area contributed by atoms with Gasteiger partial charge in [-0.15, -0.1) is 0 Å². The molecule has 0 aliphatic carbocycles. The van der Waals surface area contributed by atoms with Crippen LogP contribution in [-0.2, 0) is 19.1 Å². The Labute approximate surface area is 89.9 Å². The number of amides is 1. The van der Waals surface area contributed by atoms with Crippen LogP contribution in [0.25, 0.3) is 0 Å². The van der Waals surface area contributed by atoms with Gasteiger partial charge >= 0.3 is 0 Å². The lowest BCUT2D eigenvalue weighted by molar-refractivity contribution is -0.199. The lowest BCUT2D eigenvalue weighted by atomic mass is 10.1. The topological polar surface area (TPSA) is 78.6 Å². The van der Waals surface area contributed by atoms with Crippen molar-refractivity contribution in [3.8, 4) is 0 Å². The Morgan fingerprint density at radius 2 is 1.60 bits per heavy atom. The molecule has 2 N–H and O–H groups in total. The Hall–Kier alpha value is -0.940. The van der Waals surface area contributed by atoms with Crippen molar-refractivity contribution in [3.05, 3.63) is 0 Å². The van der Waals surface area contributed by atoms with Crippen molar-refractivity contribution in [2.24, 2.45) is 5.73 Å². The first-order chi connectivity index (χ1) is 6.96. The molecule has 0 saturated carbocycles. The molecule has 15 heavy (non-hydrogen) atoms. The summed E-state index contributed by atoms with van der Waals surface area (Å²) in [4.78, 5) is 22.0. The van der Waals surface area contributed by atoms with Crippen LogP contribution in [0.2, 0.25) is 0 Å². The predicted molar refractivity (Wildman–Crippen MR) is 55.1 cm³/mol. The third-order valence-corrected chi connectivity index (χ3v) is 2.36. The van der Waals surface area contributed by atoms with Crippen LogP contribution in [0.3, 0.4) is 0 Å². The van der Waals surface area contributed by atoms with E-state index in [0.717, 1.165) is 0 Å². The molecule has 0 aromatic rings. The minimum Gasteiger partial charge on any atom is -0.370 e. The number of hydrogen-bond acceptors (Lipinski definition) is 4. The predicted octanol–water partition coefficient (Wildman–Crippen LogP) is 0.610. The molecule has 0 spiro atoms. The average molecular weight is 217 g/mol. The lowest BCUT2D eigenvalue weighted by Gasteiger charge is -2.24. The van der Waals surface area contributed by atoms with Crippen LogP contribution in [0.15, 0.2) is 0 Å². The fourth-order valence-corrected chi connectivity index (χ4v) is 1.12. The van der Waals surface area contributed by atoms with Crippen molar-refractivity contribution in [3.63, 3.8) is 0 Å². The number of rotatable bonds is 8. The molecule has 0 heterocycles. The highest BCUT2D eigenvalue weighted by atomic mass is 16.7. The molecule has 88 valence electrons. The van der Waals surface area contributed by atoms with Crippen molar-refractivity contribution in [2.75, 3.05) is 14.2 Å². The van der Waals surface area contributed by atoms with Crippen molar-refractivity contribution in [1.29, 1.82) is 0 Å². The normalized spacial score (nSPS) is 11.4. The van der Waals surface area contributed by atoms with Crippen molar-refractivity contribution < 1.29 is 19.1 Å². The lowest BCUT2D eigenvalue weighted by Crippen LogP contribution is -2.39. The third kappa shape index (κ3) is 4.90. The number of primary amides is 1. The van der Waals surface area contributed by atoms with Gasteiger partial charge in [-0.05, 0) is 19.8 Å². The fraction of sp³-hybridized carbons (Fsp3) is 0.800. The van der Waals surface area contributed by atoms with Gasteiger partial charge in [0, 0.05) is 27.1 Å². The van der Waals surface area contributed by atoms with Crippen molar-refractivity contribution in [1.82, 2.24) is 0 Å². The van der Waals surface area contributed by atoms with Gasteiger partial charge in [0.25, 0.3) is 0 Å². The molecule has 0 aromatic heterocycles. The molecule has 5 nitrogen and oxygen atoms in total. The zero-order valence-electron chi connectivity index (χ0n) is 9.54. The van der Waals surface area contributed by atoms with Crippen LogP contribution in [0.4, 0.5) is 0 Å². The maximum Gasteiger partial charge on any atom is 0.225 e. The van der Waals surface area contributed by atoms with E-state index in [1.165, 1.54) is 14.2 Å². The van der Waals surface area contributed by atoms with Gasteiger partial charge in [0.1, 0.15) is 0 Å². The van der Waals surface area contributed by atoms with Crippen LogP contribution in [0, 0.1) is 0 Å². The summed E-state index contributed by atoms with van der Waals surface area (Å²) in [7, 11) is 2.84. The summed E-state index contributed by atoms with van der Waals surface area (Å²) in [5.74, 6) is -1.65. The molecule has 0 atom stereocenters. The number of ketones is 1. The Balaban J connectivity index is 3.87. The average Bonchev–Trinajstić information content (AvgIpc) is 2.22. The van der Waals surface area contributed by atoms with Crippen LogP contribution >= 0.6 is 0 Å².